The van der Waals surface area contributed by atoms with Crippen molar-refractivity contribution in [1.82, 2.24) is 0 Å². The molecule has 1 aromatic heterocycles. The quantitative estimate of drug-likeness (QED) is 0.605. The molecule has 0 saturated heterocycles. The van der Waals surface area contributed by atoms with E-state index in [0.29, 0.717) is 29.8 Å². The van der Waals surface area contributed by atoms with Crippen LogP contribution in [0, 0.1) is 5.41 Å². The Morgan fingerprint density at radius 1 is 1.07 bits per heavy atom. The first-order valence-electron chi connectivity index (χ1n) is 9.35. The molecular weight excluding hydrogens is 399 g/mol. The SMILES string of the molecule is CC1(C)CC(=O)C2=C(C1)N(c1ccc(C(F)(F)F)cc1)C(=O)C[C@H]2c1ccsc1. The van der Waals surface area contributed by atoms with Crippen LogP contribution in [0.2, 0.25) is 0 Å². The van der Waals surface area contributed by atoms with Gasteiger partial charge in [0.25, 0.3) is 0 Å². The zero-order valence-corrected chi connectivity index (χ0v) is 16.9. The highest BCUT2D eigenvalue weighted by molar-refractivity contribution is 7.08. The molecule has 1 atom stereocenters. The molecule has 3 nitrogen and oxygen atoms in total. The van der Waals surface area contributed by atoms with Crippen molar-refractivity contribution in [2.45, 2.75) is 45.2 Å². The third-order valence-electron chi connectivity index (χ3n) is 5.54. The predicted molar refractivity (Wildman–Crippen MR) is 106 cm³/mol. The van der Waals surface area contributed by atoms with Crippen molar-refractivity contribution in [2.24, 2.45) is 5.41 Å². The van der Waals surface area contributed by atoms with Crippen molar-refractivity contribution >= 4 is 28.7 Å². The number of thiophene rings is 1. The van der Waals surface area contributed by atoms with Crippen LogP contribution in [0.5, 0.6) is 0 Å². The number of anilines is 1. The number of hydrogen-bond acceptors (Lipinski definition) is 3. The number of amides is 1. The fraction of sp³-hybridized carbons (Fsp3) is 0.364. The van der Waals surface area contributed by atoms with Crippen molar-refractivity contribution in [1.29, 1.82) is 0 Å². The smallest absolute Gasteiger partial charge is 0.294 e. The van der Waals surface area contributed by atoms with Crippen LogP contribution >= 0.6 is 11.3 Å². The molecule has 1 amide bonds. The zero-order valence-electron chi connectivity index (χ0n) is 16.0. The average molecular weight is 419 g/mol. The Morgan fingerprint density at radius 3 is 2.34 bits per heavy atom. The summed E-state index contributed by atoms with van der Waals surface area (Å²) in [4.78, 5) is 27.6. The second-order valence-corrected chi connectivity index (χ2v) is 9.17. The monoisotopic (exact) mass is 419 g/mol. The van der Waals surface area contributed by atoms with Crippen LogP contribution in [0.1, 0.15) is 50.2 Å². The van der Waals surface area contributed by atoms with E-state index in [1.165, 1.54) is 28.4 Å². The molecule has 2 aromatic rings. The minimum Gasteiger partial charge on any atom is -0.294 e. The predicted octanol–water partition coefficient (Wildman–Crippen LogP) is 5.93. The molecular formula is C22H20F3NO2S. The van der Waals surface area contributed by atoms with E-state index in [4.69, 9.17) is 0 Å². The largest absolute Gasteiger partial charge is 0.416 e. The Morgan fingerprint density at radius 2 is 1.76 bits per heavy atom. The van der Waals surface area contributed by atoms with Crippen LogP contribution in [0.25, 0.3) is 0 Å². The Hall–Kier alpha value is -2.41. The van der Waals surface area contributed by atoms with Gasteiger partial charge in [-0.2, -0.15) is 24.5 Å². The van der Waals surface area contributed by atoms with Crippen molar-refractivity contribution in [3.8, 4) is 0 Å². The van der Waals surface area contributed by atoms with Crippen molar-refractivity contribution < 1.29 is 22.8 Å². The number of carbonyl (C=O) groups excluding carboxylic acids is 2. The minimum atomic E-state index is -4.44. The molecule has 1 aliphatic carbocycles. The summed E-state index contributed by atoms with van der Waals surface area (Å²) in [6, 6.07) is 6.49. The van der Waals surface area contributed by atoms with Crippen LogP contribution in [0.4, 0.5) is 18.9 Å². The van der Waals surface area contributed by atoms with Crippen LogP contribution in [0.15, 0.2) is 52.4 Å². The van der Waals surface area contributed by atoms with E-state index in [-0.39, 0.29) is 29.4 Å². The molecule has 0 spiro atoms. The summed E-state index contributed by atoms with van der Waals surface area (Å²) < 4.78 is 38.8. The number of Topliss-reactive ketones (excluding diaryl/α,β-unsaturated/α-hetero) is 1. The van der Waals surface area contributed by atoms with Gasteiger partial charge in [-0.3, -0.25) is 14.5 Å². The van der Waals surface area contributed by atoms with Crippen LogP contribution < -0.4 is 4.90 Å². The third-order valence-corrected chi connectivity index (χ3v) is 6.24. The van der Waals surface area contributed by atoms with E-state index in [1.54, 1.807) is 0 Å². The van der Waals surface area contributed by atoms with E-state index in [1.807, 2.05) is 30.7 Å². The van der Waals surface area contributed by atoms with E-state index in [9.17, 15) is 22.8 Å². The summed E-state index contributed by atoms with van der Waals surface area (Å²) in [7, 11) is 0. The molecule has 29 heavy (non-hydrogen) atoms. The fourth-order valence-electron chi connectivity index (χ4n) is 4.27. The number of carbonyl (C=O) groups is 2. The summed E-state index contributed by atoms with van der Waals surface area (Å²) >= 11 is 1.51. The highest BCUT2D eigenvalue weighted by Crippen LogP contribution is 2.48. The lowest BCUT2D eigenvalue weighted by molar-refractivity contribution is -0.137. The number of nitrogens with zero attached hydrogens (tertiary/aromatic N) is 1. The Bertz CT molecular complexity index is 988. The molecule has 1 aliphatic heterocycles. The first-order valence-corrected chi connectivity index (χ1v) is 10.3. The second-order valence-electron chi connectivity index (χ2n) is 8.39. The standard InChI is InChI=1S/C22H20F3NO2S/c1-21(2)10-17-20(18(27)11-21)16(13-7-8-29-12-13)9-19(28)26(17)15-5-3-14(4-6-15)22(23,24)25/h3-8,12,16H,9-11H2,1-2H3/t16-/m0/s1. The van der Waals surface area contributed by atoms with Gasteiger partial charge in [0.1, 0.15) is 0 Å². The molecule has 2 aliphatic rings. The number of benzene rings is 1. The summed E-state index contributed by atoms with van der Waals surface area (Å²) in [5.41, 5.74) is 1.47. The van der Waals surface area contributed by atoms with Gasteiger partial charge in [0.15, 0.2) is 5.78 Å². The van der Waals surface area contributed by atoms with E-state index >= 15 is 0 Å². The van der Waals surface area contributed by atoms with E-state index in [0.717, 1.165) is 17.7 Å². The lowest BCUT2D eigenvalue weighted by Crippen LogP contribution is -2.43. The molecule has 4 rings (SSSR count). The Balaban J connectivity index is 1.84. The molecule has 0 fully saturated rings. The van der Waals surface area contributed by atoms with E-state index in [2.05, 4.69) is 0 Å². The highest BCUT2D eigenvalue weighted by atomic mass is 32.1. The van der Waals surface area contributed by atoms with Gasteiger partial charge in [0.2, 0.25) is 5.91 Å². The normalized spacial score (nSPS) is 22.1. The minimum absolute atomic E-state index is 0.0110. The molecule has 0 saturated carbocycles. The van der Waals surface area contributed by atoms with Gasteiger partial charge >= 0.3 is 6.18 Å². The first-order chi connectivity index (χ1) is 13.6. The number of alkyl halides is 3. The molecule has 0 N–H and O–H groups in total. The van der Waals surface area contributed by atoms with Gasteiger partial charge < -0.3 is 0 Å². The summed E-state index contributed by atoms with van der Waals surface area (Å²) in [6.45, 7) is 3.94. The summed E-state index contributed by atoms with van der Waals surface area (Å²) in [5.74, 6) is -0.486. The lowest BCUT2D eigenvalue weighted by Gasteiger charge is -2.42. The molecule has 0 unspecified atom stereocenters. The summed E-state index contributed by atoms with van der Waals surface area (Å²) in [6.07, 6.45) is -3.41. The van der Waals surface area contributed by atoms with Crippen molar-refractivity contribution in [2.75, 3.05) is 4.90 Å². The number of allylic oxidation sites excluding steroid dienone is 2. The van der Waals surface area contributed by atoms with Crippen molar-refractivity contribution in [3.05, 3.63) is 63.5 Å². The van der Waals surface area contributed by atoms with Gasteiger partial charge in [-0.05, 0) is 58.5 Å². The van der Waals surface area contributed by atoms with Crippen LogP contribution in [-0.2, 0) is 15.8 Å². The molecule has 1 aromatic carbocycles. The number of halogens is 3. The molecule has 0 radical (unpaired) electrons. The van der Waals surface area contributed by atoms with Gasteiger partial charge in [-0.15, -0.1) is 0 Å². The first kappa shape index (κ1) is 19.9. The van der Waals surface area contributed by atoms with E-state index < -0.39 is 11.7 Å². The second kappa shape index (κ2) is 6.83. The number of rotatable bonds is 2. The number of hydrogen-bond donors (Lipinski definition) is 0. The summed E-state index contributed by atoms with van der Waals surface area (Å²) in [5, 5.41) is 3.86. The highest BCUT2D eigenvalue weighted by Gasteiger charge is 2.44. The van der Waals surface area contributed by atoms with Gasteiger partial charge in [-0.25, -0.2) is 0 Å². The third kappa shape index (κ3) is 3.64. The molecule has 0 bridgehead atoms. The fourth-order valence-corrected chi connectivity index (χ4v) is 4.99. The maximum atomic E-state index is 13.1. The topological polar surface area (TPSA) is 37.4 Å². The van der Waals surface area contributed by atoms with Crippen LogP contribution in [-0.4, -0.2) is 11.7 Å². The molecule has 7 heteroatoms. The lowest BCUT2D eigenvalue weighted by atomic mass is 9.69. The van der Waals surface area contributed by atoms with Crippen molar-refractivity contribution in [3.63, 3.8) is 0 Å². The maximum absolute atomic E-state index is 13.1. The maximum Gasteiger partial charge on any atom is 0.416 e. The van der Waals surface area contributed by atoms with Gasteiger partial charge in [0, 0.05) is 35.7 Å². The Kier molecular flexibility index (Phi) is 4.69. The van der Waals surface area contributed by atoms with Crippen LogP contribution in [0.3, 0.4) is 0 Å². The average Bonchev–Trinajstić information content (AvgIpc) is 3.13. The number of ketones is 1. The molecule has 152 valence electrons. The Labute approximate surface area is 170 Å². The van der Waals surface area contributed by atoms with Gasteiger partial charge in [-0.1, -0.05) is 13.8 Å². The zero-order chi connectivity index (χ0) is 21.0. The molecule has 2 heterocycles. The van der Waals surface area contributed by atoms with Gasteiger partial charge in [0.05, 0.1) is 5.56 Å².